The summed E-state index contributed by atoms with van der Waals surface area (Å²) in [5.41, 5.74) is 1.02. The second-order valence-corrected chi connectivity index (χ2v) is 9.55. The summed E-state index contributed by atoms with van der Waals surface area (Å²) >= 11 is 0. The Labute approximate surface area is 167 Å². The quantitative estimate of drug-likeness (QED) is 0.662. The first-order valence-corrected chi connectivity index (χ1v) is 11.5. The molecule has 1 aromatic carbocycles. The Morgan fingerprint density at radius 2 is 1.79 bits per heavy atom. The van der Waals surface area contributed by atoms with Crippen LogP contribution < -0.4 is 0 Å². The maximum absolute atomic E-state index is 12.9. The average Bonchev–Trinajstić information content (AvgIpc) is 3.11. The number of tetrazole rings is 1. The molecule has 8 nitrogen and oxygen atoms in total. The van der Waals surface area contributed by atoms with Gasteiger partial charge in [-0.3, -0.25) is 4.90 Å². The fourth-order valence-electron chi connectivity index (χ4n) is 3.53. The number of piperazine rings is 1. The molecule has 0 bridgehead atoms. The van der Waals surface area contributed by atoms with Crippen molar-refractivity contribution in [1.82, 2.24) is 30.0 Å². The number of aromatic nitrogens is 4. The highest BCUT2D eigenvalue weighted by Gasteiger charge is 2.29. The first kappa shape index (κ1) is 20.9. The molecule has 1 aliphatic heterocycles. The van der Waals surface area contributed by atoms with E-state index in [-0.39, 0.29) is 11.9 Å². The molecule has 9 heteroatoms. The number of likely N-dealkylation sites (N-methyl/N-ethyl adjacent to an activating group) is 1. The molecule has 1 atom stereocenters. The number of nitrogens with zero attached hydrogens (tertiary/aromatic N) is 6. The van der Waals surface area contributed by atoms with Crippen LogP contribution in [0.3, 0.4) is 0 Å². The highest BCUT2D eigenvalue weighted by molar-refractivity contribution is 7.90. The van der Waals surface area contributed by atoms with E-state index in [1.165, 1.54) is 4.68 Å². The second kappa shape index (κ2) is 9.11. The second-order valence-electron chi connectivity index (χ2n) is 7.59. The van der Waals surface area contributed by atoms with Crippen LogP contribution in [0.15, 0.2) is 29.2 Å². The molecular weight excluding hydrogens is 376 g/mol. The summed E-state index contributed by atoms with van der Waals surface area (Å²) in [5, 5.41) is 12.1. The predicted octanol–water partition coefficient (Wildman–Crippen LogP) is 1.89. The molecule has 1 aliphatic rings. The minimum atomic E-state index is -3.52. The van der Waals surface area contributed by atoms with Crippen molar-refractivity contribution in [2.75, 3.05) is 33.2 Å². The largest absolute Gasteiger partial charge is 0.304 e. The lowest BCUT2D eigenvalue weighted by Gasteiger charge is -2.37. The van der Waals surface area contributed by atoms with Gasteiger partial charge in [-0.15, -0.1) is 5.10 Å². The number of sulfone groups is 1. The van der Waals surface area contributed by atoms with Gasteiger partial charge < -0.3 is 4.90 Å². The summed E-state index contributed by atoms with van der Waals surface area (Å²) in [6.45, 7) is 7.94. The highest BCUT2D eigenvalue weighted by Crippen LogP contribution is 2.26. The van der Waals surface area contributed by atoms with Crippen LogP contribution in [-0.2, 0) is 15.7 Å². The zero-order valence-corrected chi connectivity index (χ0v) is 17.8. The Morgan fingerprint density at radius 1 is 1.11 bits per heavy atom. The van der Waals surface area contributed by atoms with E-state index in [1.54, 1.807) is 12.1 Å². The van der Waals surface area contributed by atoms with Crippen LogP contribution in [0.1, 0.15) is 43.6 Å². The maximum Gasteiger partial charge on any atom is 0.198 e. The van der Waals surface area contributed by atoms with E-state index in [0.717, 1.165) is 51.0 Å². The fourth-order valence-corrected chi connectivity index (χ4v) is 4.74. The third kappa shape index (κ3) is 4.95. The van der Waals surface area contributed by atoms with Crippen LogP contribution in [0.4, 0.5) is 0 Å². The van der Waals surface area contributed by atoms with Gasteiger partial charge in [0.1, 0.15) is 0 Å². The van der Waals surface area contributed by atoms with Crippen molar-refractivity contribution in [2.45, 2.75) is 49.9 Å². The molecule has 0 radical (unpaired) electrons. The smallest absolute Gasteiger partial charge is 0.198 e. The van der Waals surface area contributed by atoms with Crippen LogP contribution in [0, 0.1) is 6.92 Å². The van der Waals surface area contributed by atoms with Gasteiger partial charge in [0.25, 0.3) is 0 Å². The molecule has 1 saturated heterocycles. The van der Waals surface area contributed by atoms with Crippen LogP contribution in [0.5, 0.6) is 0 Å². The molecular formula is C19H30N6O2S. The Morgan fingerprint density at radius 3 is 2.43 bits per heavy atom. The Hall–Kier alpha value is -1.84. The van der Waals surface area contributed by atoms with Crippen LogP contribution in [0.25, 0.3) is 0 Å². The van der Waals surface area contributed by atoms with Gasteiger partial charge in [0, 0.05) is 26.2 Å². The molecule has 0 saturated carbocycles. The highest BCUT2D eigenvalue weighted by atomic mass is 32.2. The van der Waals surface area contributed by atoms with Gasteiger partial charge in [-0.25, -0.2) is 13.1 Å². The molecule has 0 unspecified atom stereocenters. The van der Waals surface area contributed by atoms with E-state index in [2.05, 4.69) is 39.3 Å². The van der Waals surface area contributed by atoms with Gasteiger partial charge in [0.2, 0.25) is 0 Å². The molecule has 2 aromatic rings. The van der Waals surface area contributed by atoms with Gasteiger partial charge in [-0.1, -0.05) is 37.5 Å². The van der Waals surface area contributed by atoms with Crippen molar-refractivity contribution in [3.05, 3.63) is 35.7 Å². The minimum Gasteiger partial charge on any atom is -0.304 e. The van der Waals surface area contributed by atoms with E-state index in [4.69, 9.17) is 0 Å². The van der Waals surface area contributed by atoms with Crippen molar-refractivity contribution >= 4 is 9.84 Å². The molecule has 0 N–H and O–H groups in total. The molecule has 1 fully saturated rings. The number of benzene rings is 1. The molecule has 2 heterocycles. The lowest BCUT2D eigenvalue weighted by Crippen LogP contribution is -2.46. The monoisotopic (exact) mass is 406 g/mol. The van der Waals surface area contributed by atoms with E-state index < -0.39 is 9.84 Å². The van der Waals surface area contributed by atoms with Crippen molar-refractivity contribution in [2.24, 2.45) is 0 Å². The molecule has 0 aliphatic carbocycles. The summed E-state index contributed by atoms with van der Waals surface area (Å²) in [6.07, 6.45) is 3.05. The van der Waals surface area contributed by atoms with E-state index >= 15 is 0 Å². The third-order valence-electron chi connectivity index (χ3n) is 5.34. The molecule has 0 spiro atoms. The third-order valence-corrected chi connectivity index (χ3v) is 6.91. The lowest BCUT2D eigenvalue weighted by atomic mass is 10.1. The normalized spacial score (nSPS) is 17.7. The van der Waals surface area contributed by atoms with Gasteiger partial charge >= 0.3 is 0 Å². The summed E-state index contributed by atoms with van der Waals surface area (Å²) in [6, 6.07) is 6.94. The van der Waals surface area contributed by atoms with Crippen molar-refractivity contribution in [3.8, 4) is 0 Å². The molecule has 154 valence electrons. The topological polar surface area (TPSA) is 84.2 Å². The summed E-state index contributed by atoms with van der Waals surface area (Å²) in [4.78, 5) is 4.98. The number of unbranched alkanes of at least 4 members (excludes halogenated alkanes) is 1. The first-order chi connectivity index (χ1) is 13.4. The van der Waals surface area contributed by atoms with Crippen molar-refractivity contribution in [1.29, 1.82) is 0 Å². The van der Waals surface area contributed by atoms with Crippen LogP contribution >= 0.6 is 0 Å². The Balaban J connectivity index is 1.84. The first-order valence-electron chi connectivity index (χ1n) is 9.89. The van der Waals surface area contributed by atoms with Gasteiger partial charge in [0.05, 0.1) is 10.9 Å². The predicted molar refractivity (Wildman–Crippen MR) is 108 cm³/mol. The summed E-state index contributed by atoms with van der Waals surface area (Å²) < 4.78 is 27.2. The standard InChI is InChI=1S/C19H30N6O2S/c1-4-5-6-18(24-13-11-23(3)12-14-24)19-20-21-22-25(19)15-28(26,27)17-9-7-16(2)8-10-17/h7-10,18H,4-6,11-15H2,1-3H3/t18-/m1/s1. The Kier molecular flexibility index (Phi) is 6.79. The number of rotatable bonds is 8. The van der Waals surface area contributed by atoms with Crippen LogP contribution in [0.2, 0.25) is 0 Å². The van der Waals surface area contributed by atoms with Crippen molar-refractivity contribution < 1.29 is 8.42 Å². The molecule has 28 heavy (non-hydrogen) atoms. The number of hydrogen-bond acceptors (Lipinski definition) is 7. The van der Waals surface area contributed by atoms with E-state index in [1.807, 2.05) is 19.1 Å². The Bertz CT molecular complexity index is 857. The minimum absolute atomic E-state index is 0.0388. The van der Waals surface area contributed by atoms with Gasteiger partial charge in [-0.05, 0) is 43.0 Å². The van der Waals surface area contributed by atoms with E-state index in [9.17, 15) is 8.42 Å². The fraction of sp³-hybridized carbons (Fsp3) is 0.632. The van der Waals surface area contributed by atoms with Crippen molar-refractivity contribution in [3.63, 3.8) is 0 Å². The summed E-state index contributed by atoms with van der Waals surface area (Å²) in [5.74, 6) is 0.406. The summed E-state index contributed by atoms with van der Waals surface area (Å²) in [7, 11) is -1.40. The molecule has 1 aromatic heterocycles. The number of hydrogen-bond donors (Lipinski definition) is 0. The van der Waals surface area contributed by atoms with Crippen LogP contribution in [-0.4, -0.2) is 71.7 Å². The maximum atomic E-state index is 12.9. The lowest BCUT2D eigenvalue weighted by molar-refractivity contribution is 0.0990. The average molecular weight is 407 g/mol. The molecule has 3 rings (SSSR count). The van der Waals surface area contributed by atoms with Gasteiger partial charge in [0.15, 0.2) is 21.5 Å². The number of aryl methyl sites for hydroxylation is 1. The zero-order chi connectivity index (χ0) is 20.1. The zero-order valence-electron chi connectivity index (χ0n) is 17.0. The van der Waals surface area contributed by atoms with Gasteiger partial charge in [-0.2, -0.15) is 0 Å². The molecule has 0 amide bonds. The van der Waals surface area contributed by atoms with E-state index in [0.29, 0.717) is 10.7 Å². The SMILES string of the molecule is CCCC[C@H](c1nnnn1CS(=O)(=O)c1ccc(C)cc1)N1CCN(C)CC1.